The standard InChI is InChI=1S/C15H25Cl3N4O4/c1-4-10(19)13(24)21(3)9(2)12(23)22-7-5-6-11(20-22)14(25)26-8-15(16,17)18/h9-11,20H,4-8,19H2,1-3H3/t9-,10-,11-/m0/s1. The maximum atomic E-state index is 12.7. The number of nitrogens with one attached hydrogen (secondary N) is 1. The van der Waals surface area contributed by atoms with Crippen molar-refractivity contribution >= 4 is 52.6 Å². The number of esters is 1. The summed E-state index contributed by atoms with van der Waals surface area (Å²) in [4.78, 5) is 38.2. The van der Waals surface area contributed by atoms with Gasteiger partial charge in [-0.3, -0.25) is 19.4 Å². The van der Waals surface area contributed by atoms with E-state index in [9.17, 15) is 14.4 Å². The van der Waals surface area contributed by atoms with E-state index in [4.69, 9.17) is 45.3 Å². The van der Waals surface area contributed by atoms with Crippen molar-refractivity contribution in [3.63, 3.8) is 0 Å². The molecular formula is C15H25Cl3N4O4. The molecule has 1 rings (SSSR count). The average Bonchev–Trinajstić information content (AvgIpc) is 2.62. The van der Waals surface area contributed by atoms with Gasteiger partial charge >= 0.3 is 5.97 Å². The molecule has 1 saturated heterocycles. The number of carbonyl (C=O) groups excluding carboxylic acids is 3. The van der Waals surface area contributed by atoms with Gasteiger partial charge in [0.2, 0.25) is 9.70 Å². The number of hydrazine groups is 1. The van der Waals surface area contributed by atoms with Gasteiger partial charge in [0.15, 0.2) is 0 Å². The Bertz CT molecular complexity index is 530. The van der Waals surface area contributed by atoms with E-state index in [0.29, 0.717) is 25.8 Å². The van der Waals surface area contributed by atoms with Crippen molar-refractivity contribution < 1.29 is 19.1 Å². The summed E-state index contributed by atoms with van der Waals surface area (Å²) < 4.78 is 3.25. The van der Waals surface area contributed by atoms with Gasteiger partial charge in [-0.2, -0.15) is 0 Å². The van der Waals surface area contributed by atoms with Crippen molar-refractivity contribution in [2.24, 2.45) is 5.73 Å². The Kier molecular flexibility index (Phi) is 8.88. The number of halogens is 3. The monoisotopic (exact) mass is 430 g/mol. The first-order valence-corrected chi connectivity index (χ1v) is 9.44. The van der Waals surface area contributed by atoms with E-state index in [0.717, 1.165) is 0 Å². The second kappa shape index (κ2) is 9.94. The summed E-state index contributed by atoms with van der Waals surface area (Å²) >= 11 is 16.7. The van der Waals surface area contributed by atoms with E-state index in [1.165, 1.54) is 17.0 Å². The van der Waals surface area contributed by atoms with Crippen molar-refractivity contribution in [3.8, 4) is 0 Å². The Morgan fingerprint density at radius 1 is 1.38 bits per heavy atom. The van der Waals surface area contributed by atoms with Crippen LogP contribution in [-0.2, 0) is 19.1 Å². The van der Waals surface area contributed by atoms with Gasteiger partial charge in [-0.1, -0.05) is 41.7 Å². The topological polar surface area (TPSA) is 105 Å². The first-order valence-electron chi connectivity index (χ1n) is 8.31. The zero-order valence-corrected chi connectivity index (χ0v) is 17.3. The summed E-state index contributed by atoms with van der Waals surface area (Å²) in [5, 5.41) is 1.32. The fourth-order valence-electron chi connectivity index (χ4n) is 2.39. The molecule has 0 aromatic heterocycles. The molecule has 26 heavy (non-hydrogen) atoms. The van der Waals surface area contributed by atoms with Crippen molar-refractivity contribution in [1.82, 2.24) is 15.3 Å². The Hall–Kier alpha value is -0.800. The molecule has 3 atom stereocenters. The smallest absolute Gasteiger partial charge is 0.325 e. The number of nitrogens with two attached hydrogens (primary N) is 1. The predicted octanol–water partition coefficient (Wildman–Crippen LogP) is 0.980. The van der Waals surface area contributed by atoms with Crippen molar-refractivity contribution in [2.75, 3.05) is 20.2 Å². The number of rotatable bonds is 6. The summed E-state index contributed by atoms with van der Waals surface area (Å²) in [6, 6.07) is -2.12. The van der Waals surface area contributed by atoms with Crippen molar-refractivity contribution in [1.29, 1.82) is 0 Å². The third kappa shape index (κ3) is 6.74. The molecule has 0 aromatic rings. The van der Waals surface area contributed by atoms with Crippen LogP contribution in [0.25, 0.3) is 0 Å². The summed E-state index contributed by atoms with van der Waals surface area (Å²) in [5.74, 6) is -1.27. The predicted molar refractivity (Wildman–Crippen MR) is 99.6 cm³/mol. The molecule has 1 heterocycles. The van der Waals surface area contributed by atoms with Crippen LogP contribution < -0.4 is 11.2 Å². The Morgan fingerprint density at radius 2 is 2.00 bits per heavy atom. The molecule has 0 saturated carbocycles. The lowest BCUT2D eigenvalue weighted by atomic mass is 10.1. The summed E-state index contributed by atoms with van der Waals surface area (Å²) in [5.41, 5.74) is 8.56. The average molecular weight is 432 g/mol. The van der Waals surface area contributed by atoms with Crippen molar-refractivity contribution in [2.45, 2.75) is 55.0 Å². The molecule has 0 spiro atoms. The van der Waals surface area contributed by atoms with Crippen LogP contribution in [0.2, 0.25) is 0 Å². The minimum atomic E-state index is -1.70. The van der Waals surface area contributed by atoms with E-state index in [1.807, 2.05) is 0 Å². The minimum absolute atomic E-state index is 0.316. The number of likely N-dealkylation sites (N-methyl/N-ethyl adjacent to an activating group) is 1. The molecule has 1 fully saturated rings. The molecule has 1 aliphatic rings. The fraction of sp³-hybridized carbons (Fsp3) is 0.800. The molecule has 0 bridgehead atoms. The van der Waals surface area contributed by atoms with Gasteiger partial charge < -0.3 is 15.4 Å². The molecule has 2 amide bonds. The molecule has 0 aromatic carbocycles. The van der Waals surface area contributed by atoms with Gasteiger partial charge in [-0.25, -0.2) is 5.43 Å². The molecule has 150 valence electrons. The molecule has 11 heteroatoms. The number of hydrogen-bond acceptors (Lipinski definition) is 6. The first kappa shape index (κ1) is 23.2. The van der Waals surface area contributed by atoms with E-state index in [-0.39, 0.29) is 18.4 Å². The molecule has 3 N–H and O–H groups in total. The van der Waals surface area contributed by atoms with E-state index in [1.54, 1.807) is 13.8 Å². The van der Waals surface area contributed by atoms with Crippen molar-refractivity contribution in [3.05, 3.63) is 0 Å². The quantitative estimate of drug-likeness (QED) is 0.480. The zero-order valence-electron chi connectivity index (χ0n) is 15.0. The molecule has 0 aliphatic carbocycles. The molecule has 0 unspecified atom stereocenters. The summed E-state index contributed by atoms with van der Waals surface area (Å²) in [6.07, 6.45) is 1.54. The zero-order chi connectivity index (χ0) is 20.1. The summed E-state index contributed by atoms with van der Waals surface area (Å²) in [7, 11) is 1.52. The molecule has 0 radical (unpaired) electrons. The van der Waals surface area contributed by atoms with E-state index >= 15 is 0 Å². The second-order valence-corrected chi connectivity index (χ2v) is 8.69. The number of hydrogen-bond donors (Lipinski definition) is 2. The van der Waals surface area contributed by atoms with Gasteiger partial charge in [-0.15, -0.1) is 0 Å². The third-order valence-corrected chi connectivity index (χ3v) is 4.49. The maximum absolute atomic E-state index is 12.7. The fourth-order valence-corrected chi connectivity index (χ4v) is 2.55. The molecule has 1 aliphatic heterocycles. The van der Waals surface area contributed by atoms with E-state index in [2.05, 4.69) is 5.43 Å². The van der Waals surface area contributed by atoms with Crippen LogP contribution in [0.3, 0.4) is 0 Å². The van der Waals surface area contributed by atoms with Gasteiger partial charge in [0, 0.05) is 13.6 Å². The highest BCUT2D eigenvalue weighted by Crippen LogP contribution is 2.26. The van der Waals surface area contributed by atoms with Gasteiger partial charge in [0.1, 0.15) is 18.7 Å². The van der Waals surface area contributed by atoms with Crippen LogP contribution in [0.15, 0.2) is 0 Å². The lowest BCUT2D eigenvalue weighted by Gasteiger charge is -2.36. The van der Waals surface area contributed by atoms with Crippen LogP contribution in [0.5, 0.6) is 0 Å². The lowest BCUT2D eigenvalue weighted by Crippen LogP contribution is -2.60. The Balaban J connectivity index is 2.66. The van der Waals surface area contributed by atoms with Gasteiger partial charge in [-0.05, 0) is 26.2 Å². The van der Waals surface area contributed by atoms with Gasteiger partial charge in [0.25, 0.3) is 5.91 Å². The maximum Gasteiger partial charge on any atom is 0.325 e. The highest BCUT2D eigenvalue weighted by Gasteiger charge is 2.34. The Morgan fingerprint density at radius 3 is 2.54 bits per heavy atom. The number of nitrogens with zero attached hydrogens (tertiary/aromatic N) is 2. The minimum Gasteiger partial charge on any atom is -0.460 e. The lowest BCUT2D eigenvalue weighted by molar-refractivity contribution is -0.155. The summed E-state index contributed by atoms with van der Waals surface area (Å²) in [6.45, 7) is 3.42. The number of carbonyl (C=O) groups is 3. The molecule has 8 nitrogen and oxygen atoms in total. The third-order valence-electron chi connectivity index (χ3n) is 4.16. The molecular weight excluding hydrogens is 407 g/mol. The van der Waals surface area contributed by atoms with Gasteiger partial charge in [0.05, 0.1) is 6.04 Å². The largest absolute Gasteiger partial charge is 0.460 e. The Labute approximate surface area is 168 Å². The first-order chi connectivity index (χ1) is 12.0. The number of ether oxygens (including phenoxy) is 1. The normalized spacial score (nSPS) is 20.3. The number of alkyl halides is 3. The SMILES string of the molecule is CC[C@H](N)C(=O)N(C)[C@@H](C)C(=O)N1CCC[C@@H](C(=O)OCC(Cl)(Cl)Cl)N1. The van der Waals surface area contributed by atoms with Crippen LogP contribution in [-0.4, -0.2) is 69.8 Å². The van der Waals surface area contributed by atoms with Crippen LogP contribution in [0.4, 0.5) is 0 Å². The second-order valence-electron chi connectivity index (χ2n) is 6.18. The van der Waals surface area contributed by atoms with Crippen LogP contribution in [0.1, 0.15) is 33.1 Å². The number of amides is 2. The van der Waals surface area contributed by atoms with Crippen LogP contribution in [0, 0.1) is 0 Å². The van der Waals surface area contributed by atoms with Crippen LogP contribution >= 0.6 is 34.8 Å². The van der Waals surface area contributed by atoms with E-state index < -0.39 is 27.9 Å². The highest BCUT2D eigenvalue weighted by atomic mass is 35.6. The highest BCUT2D eigenvalue weighted by molar-refractivity contribution is 6.67.